The van der Waals surface area contributed by atoms with Crippen molar-refractivity contribution in [1.29, 1.82) is 0 Å². The van der Waals surface area contributed by atoms with E-state index in [9.17, 15) is 19.1 Å². The minimum absolute atomic E-state index is 0.102. The Morgan fingerprint density at radius 1 is 1.00 bits per heavy atom. The molecule has 33 heavy (non-hydrogen) atoms. The summed E-state index contributed by atoms with van der Waals surface area (Å²) in [5.41, 5.74) is 2.58. The highest BCUT2D eigenvalue weighted by Crippen LogP contribution is 2.30. The largest absolute Gasteiger partial charge is 0.478 e. The standard InChI is InChI=1S/C26H28FN3O3/c1-3-4-7-15-28-26(33)30(2)20-10-8-9-18(16-20)21-14-13-19(17-23(21)27)29-24-12-6-5-11-22(24)25(31)32/h5-6,8-14,16-17,29H,3-4,7,15H2,1-2H3,(H,28,33)(H,31,32). The molecule has 0 radical (unpaired) electrons. The summed E-state index contributed by atoms with van der Waals surface area (Å²) in [5, 5.41) is 15.2. The van der Waals surface area contributed by atoms with Gasteiger partial charge in [0.1, 0.15) is 5.82 Å². The molecule has 3 rings (SSSR count). The molecular formula is C26H28FN3O3. The molecule has 172 valence electrons. The first kappa shape index (κ1) is 23.8. The van der Waals surface area contributed by atoms with E-state index < -0.39 is 11.8 Å². The highest BCUT2D eigenvalue weighted by Gasteiger charge is 2.14. The molecule has 0 heterocycles. The van der Waals surface area contributed by atoms with Crippen LogP contribution in [-0.2, 0) is 0 Å². The van der Waals surface area contributed by atoms with E-state index >= 15 is 0 Å². The third-order valence-electron chi connectivity index (χ3n) is 5.31. The van der Waals surface area contributed by atoms with Gasteiger partial charge in [-0.1, -0.05) is 44.0 Å². The van der Waals surface area contributed by atoms with Crippen LogP contribution in [0.3, 0.4) is 0 Å². The number of rotatable bonds is 9. The van der Waals surface area contributed by atoms with Crippen LogP contribution in [0.15, 0.2) is 66.7 Å². The summed E-state index contributed by atoms with van der Waals surface area (Å²) < 4.78 is 15.0. The Bertz CT molecular complexity index is 1130. The highest BCUT2D eigenvalue weighted by atomic mass is 19.1. The lowest BCUT2D eigenvalue weighted by Gasteiger charge is -2.19. The molecule has 0 unspecified atom stereocenters. The number of halogens is 1. The number of hydrogen-bond acceptors (Lipinski definition) is 3. The SMILES string of the molecule is CCCCCNC(=O)N(C)c1cccc(-c2ccc(Nc3ccccc3C(=O)O)cc2F)c1. The van der Waals surface area contributed by atoms with Crippen molar-refractivity contribution in [3.8, 4) is 11.1 Å². The molecule has 0 spiro atoms. The van der Waals surface area contributed by atoms with Crippen molar-refractivity contribution in [2.45, 2.75) is 26.2 Å². The average Bonchev–Trinajstić information content (AvgIpc) is 2.81. The third-order valence-corrected chi connectivity index (χ3v) is 5.31. The van der Waals surface area contributed by atoms with Gasteiger partial charge in [0.15, 0.2) is 0 Å². The van der Waals surface area contributed by atoms with Crippen molar-refractivity contribution in [3.05, 3.63) is 78.1 Å². The second kappa shape index (κ2) is 11.1. The van der Waals surface area contributed by atoms with E-state index in [-0.39, 0.29) is 11.6 Å². The van der Waals surface area contributed by atoms with E-state index in [0.717, 1.165) is 19.3 Å². The van der Waals surface area contributed by atoms with Gasteiger partial charge in [-0.3, -0.25) is 4.90 Å². The Hall–Kier alpha value is -3.87. The summed E-state index contributed by atoms with van der Waals surface area (Å²) in [6, 6.07) is 18.0. The second-order valence-corrected chi connectivity index (χ2v) is 7.72. The molecule has 0 aromatic heterocycles. The van der Waals surface area contributed by atoms with Crippen LogP contribution in [0.4, 0.5) is 26.2 Å². The first-order chi connectivity index (χ1) is 15.9. The number of carbonyl (C=O) groups excluding carboxylic acids is 1. The number of hydrogen-bond donors (Lipinski definition) is 3. The molecule has 2 amide bonds. The molecule has 3 aromatic rings. The zero-order valence-corrected chi connectivity index (χ0v) is 18.8. The van der Waals surface area contributed by atoms with E-state index in [4.69, 9.17) is 0 Å². The van der Waals surface area contributed by atoms with Gasteiger partial charge in [-0.25, -0.2) is 14.0 Å². The lowest BCUT2D eigenvalue weighted by molar-refractivity contribution is 0.0698. The number of carboxylic acid groups (broad SMARTS) is 1. The topological polar surface area (TPSA) is 81.7 Å². The van der Waals surface area contributed by atoms with Crippen LogP contribution in [0, 0.1) is 5.82 Å². The number of carbonyl (C=O) groups is 2. The number of anilines is 3. The number of urea groups is 1. The lowest BCUT2D eigenvalue weighted by atomic mass is 10.0. The monoisotopic (exact) mass is 449 g/mol. The first-order valence-corrected chi connectivity index (χ1v) is 10.9. The molecule has 0 aliphatic carbocycles. The molecule has 0 aliphatic heterocycles. The van der Waals surface area contributed by atoms with Crippen LogP contribution in [0.5, 0.6) is 0 Å². The summed E-state index contributed by atoms with van der Waals surface area (Å²) in [5.74, 6) is -1.53. The first-order valence-electron chi connectivity index (χ1n) is 10.9. The van der Waals surface area contributed by atoms with Gasteiger partial charge < -0.3 is 15.7 Å². The Kier molecular flexibility index (Phi) is 8.02. The fourth-order valence-electron chi connectivity index (χ4n) is 3.45. The minimum Gasteiger partial charge on any atom is -0.478 e. The zero-order chi connectivity index (χ0) is 23.8. The molecule has 3 N–H and O–H groups in total. The molecule has 6 nitrogen and oxygen atoms in total. The predicted octanol–water partition coefficient (Wildman–Crippen LogP) is 6.27. The molecule has 0 bridgehead atoms. The maximum Gasteiger partial charge on any atom is 0.337 e. The molecule has 0 aliphatic rings. The van der Waals surface area contributed by atoms with Gasteiger partial charge in [0.05, 0.1) is 11.3 Å². The average molecular weight is 450 g/mol. The number of carboxylic acids is 1. The van der Waals surface area contributed by atoms with Gasteiger partial charge in [-0.15, -0.1) is 0 Å². The number of amides is 2. The number of unbranched alkanes of at least 4 members (excludes halogenated alkanes) is 2. The minimum atomic E-state index is -1.06. The lowest BCUT2D eigenvalue weighted by Crippen LogP contribution is -2.37. The van der Waals surface area contributed by atoms with Gasteiger partial charge in [0, 0.05) is 30.5 Å². The van der Waals surface area contributed by atoms with Crippen molar-refractivity contribution in [2.24, 2.45) is 0 Å². The second-order valence-electron chi connectivity index (χ2n) is 7.72. The van der Waals surface area contributed by atoms with E-state index in [1.54, 1.807) is 61.6 Å². The fourth-order valence-corrected chi connectivity index (χ4v) is 3.45. The number of benzene rings is 3. The molecular weight excluding hydrogens is 421 g/mol. The molecule has 3 aromatic carbocycles. The van der Waals surface area contributed by atoms with Gasteiger partial charge in [-0.05, 0) is 54.4 Å². The molecule has 7 heteroatoms. The summed E-state index contributed by atoms with van der Waals surface area (Å²) in [4.78, 5) is 25.3. The summed E-state index contributed by atoms with van der Waals surface area (Å²) in [6.45, 7) is 2.72. The Morgan fingerprint density at radius 3 is 2.52 bits per heavy atom. The predicted molar refractivity (Wildman–Crippen MR) is 130 cm³/mol. The van der Waals surface area contributed by atoms with E-state index in [1.807, 2.05) is 0 Å². The fraction of sp³-hybridized carbons (Fsp3) is 0.231. The summed E-state index contributed by atoms with van der Waals surface area (Å²) >= 11 is 0. The molecule has 0 fully saturated rings. The number of nitrogens with one attached hydrogen (secondary N) is 2. The van der Waals surface area contributed by atoms with E-state index in [0.29, 0.717) is 34.7 Å². The van der Waals surface area contributed by atoms with Crippen LogP contribution < -0.4 is 15.5 Å². The van der Waals surface area contributed by atoms with Gasteiger partial charge in [0.2, 0.25) is 0 Å². The number of aromatic carboxylic acids is 1. The molecule has 0 atom stereocenters. The van der Waals surface area contributed by atoms with Crippen molar-refractivity contribution in [2.75, 3.05) is 23.8 Å². The van der Waals surface area contributed by atoms with Crippen molar-refractivity contribution < 1.29 is 19.1 Å². The normalized spacial score (nSPS) is 10.5. The van der Waals surface area contributed by atoms with Gasteiger partial charge >= 0.3 is 12.0 Å². The smallest absolute Gasteiger partial charge is 0.337 e. The highest BCUT2D eigenvalue weighted by molar-refractivity contribution is 5.95. The summed E-state index contributed by atoms with van der Waals surface area (Å²) in [7, 11) is 1.68. The Labute approximate surface area is 193 Å². The maximum atomic E-state index is 15.0. The van der Waals surface area contributed by atoms with Crippen molar-refractivity contribution >= 4 is 29.1 Å². The quantitative estimate of drug-likeness (QED) is 0.336. The number of nitrogens with zero attached hydrogens (tertiary/aromatic N) is 1. The van der Waals surface area contributed by atoms with Crippen LogP contribution in [0.1, 0.15) is 36.5 Å². The third kappa shape index (κ3) is 6.10. The summed E-state index contributed by atoms with van der Waals surface area (Å²) in [6.07, 6.45) is 3.07. The van der Waals surface area contributed by atoms with E-state index in [2.05, 4.69) is 17.6 Å². The molecule has 0 saturated heterocycles. The Balaban J connectivity index is 1.77. The number of para-hydroxylation sites is 1. The van der Waals surface area contributed by atoms with Crippen molar-refractivity contribution in [3.63, 3.8) is 0 Å². The maximum absolute atomic E-state index is 15.0. The van der Waals surface area contributed by atoms with Crippen molar-refractivity contribution in [1.82, 2.24) is 5.32 Å². The van der Waals surface area contributed by atoms with Crippen LogP contribution in [0.25, 0.3) is 11.1 Å². The van der Waals surface area contributed by atoms with Crippen LogP contribution in [-0.4, -0.2) is 30.7 Å². The Morgan fingerprint density at radius 2 is 1.79 bits per heavy atom. The zero-order valence-electron chi connectivity index (χ0n) is 18.8. The van der Waals surface area contributed by atoms with E-state index in [1.165, 1.54) is 17.0 Å². The van der Waals surface area contributed by atoms with Crippen LogP contribution in [0.2, 0.25) is 0 Å². The van der Waals surface area contributed by atoms with Crippen LogP contribution >= 0.6 is 0 Å². The molecule has 0 saturated carbocycles. The van der Waals surface area contributed by atoms with Gasteiger partial charge in [0.25, 0.3) is 0 Å². The van der Waals surface area contributed by atoms with Gasteiger partial charge in [-0.2, -0.15) is 0 Å².